The van der Waals surface area contributed by atoms with Crippen LogP contribution in [0.4, 0.5) is 0 Å². The SMILES string of the molecule is CCC(=O)OC1CCCCCCCC1. The van der Waals surface area contributed by atoms with Crippen LogP contribution in [0, 0.1) is 0 Å². The van der Waals surface area contributed by atoms with Crippen LogP contribution in [0.15, 0.2) is 0 Å². The zero-order valence-corrected chi connectivity index (χ0v) is 9.26. The Labute approximate surface area is 87.0 Å². The fourth-order valence-electron chi connectivity index (χ4n) is 1.98. The van der Waals surface area contributed by atoms with Gasteiger partial charge in [-0.2, -0.15) is 0 Å². The van der Waals surface area contributed by atoms with Crippen LogP contribution in [-0.4, -0.2) is 12.1 Å². The van der Waals surface area contributed by atoms with Crippen molar-refractivity contribution in [3.8, 4) is 0 Å². The third kappa shape index (κ3) is 4.64. The quantitative estimate of drug-likeness (QED) is 0.635. The van der Waals surface area contributed by atoms with Crippen molar-refractivity contribution in [2.75, 3.05) is 0 Å². The van der Waals surface area contributed by atoms with Gasteiger partial charge in [0.05, 0.1) is 0 Å². The summed E-state index contributed by atoms with van der Waals surface area (Å²) in [4.78, 5) is 11.1. The summed E-state index contributed by atoms with van der Waals surface area (Å²) >= 11 is 0. The van der Waals surface area contributed by atoms with E-state index in [0.717, 1.165) is 12.8 Å². The summed E-state index contributed by atoms with van der Waals surface area (Å²) in [5.41, 5.74) is 0. The standard InChI is InChI=1S/C12H22O2/c1-2-12(13)14-11-9-7-5-3-4-6-8-10-11/h11H,2-10H2,1H3. The highest BCUT2D eigenvalue weighted by Gasteiger charge is 2.13. The molecule has 1 saturated carbocycles. The molecule has 0 N–H and O–H groups in total. The molecule has 1 aliphatic rings. The van der Waals surface area contributed by atoms with Gasteiger partial charge in [-0.05, 0) is 25.7 Å². The zero-order chi connectivity index (χ0) is 10.2. The maximum atomic E-state index is 11.1. The number of esters is 1. The molecule has 0 aliphatic heterocycles. The Balaban J connectivity index is 2.28. The number of carbonyl (C=O) groups excluding carboxylic acids is 1. The highest BCUT2D eigenvalue weighted by atomic mass is 16.5. The summed E-state index contributed by atoms with van der Waals surface area (Å²) in [6.45, 7) is 1.86. The molecule has 82 valence electrons. The van der Waals surface area contributed by atoms with Gasteiger partial charge in [0.2, 0.25) is 0 Å². The highest BCUT2D eigenvalue weighted by Crippen LogP contribution is 2.19. The molecule has 0 aromatic heterocycles. The Morgan fingerprint density at radius 1 is 1.07 bits per heavy atom. The molecule has 2 nitrogen and oxygen atoms in total. The number of hydrogen-bond acceptors (Lipinski definition) is 2. The lowest BCUT2D eigenvalue weighted by Crippen LogP contribution is -2.17. The van der Waals surface area contributed by atoms with E-state index < -0.39 is 0 Å². The molecule has 0 unspecified atom stereocenters. The summed E-state index contributed by atoms with van der Waals surface area (Å²) in [5, 5.41) is 0. The molecular formula is C12H22O2. The van der Waals surface area contributed by atoms with Crippen LogP contribution < -0.4 is 0 Å². The molecule has 0 radical (unpaired) electrons. The second-order valence-electron chi connectivity index (χ2n) is 4.16. The monoisotopic (exact) mass is 198 g/mol. The average molecular weight is 198 g/mol. The van der Waals surface area contributed by atoms with Gasteiger partial charge in [0, 0.05) is 6.42 Å². The summed E-state index contributed by atoms with van der Waals surface area (Å²) in [6.07, 6.45) is 10.6. The molecule has 0 spiro atoms. The van der Waals surface area contributed by atoms with Crippen molar-refractivity contribution in [2.45, 2.75) is 70.8 Å². The van der Waals surface area contributed by atoms with E-state index in [2.05, 4.69) is 0 Å². The normalized spacial score (nSPS) is 20.6. The van der Waals surface area contributed by atoms with Crippen LogP contribution in [0.25, 0.3) is 0 Å². The largest absolute Gasteiger partial charge is 0.462 e. The van der Waals surface area contributed by atoms with Crippen LogP contribution in [0.1, 0.15) is 64.7 Å². The lowest BCUT2D eigenvalue weighted by atomic mass is 10.1. The highest BCUT2D eigenvalue weighted by molar-refractivity contribution is 5.69. The Morgan fingerprint density at radius 2 is 1.57 bits per heavy atom. The van der Waals surface area contributed by atoms with Gasteiger partial charge in [-0.1, -0.05) is 32.6 Å². The van der Waals surface area contributed by atoms with Crippen LogP contribution in [-0.2, 0) is 9.53 Å². The summed E-state index contributed by atoms with van der Waals surface area (Å²) in [7, 11) is 0. The first kappa shape index (κ1) is 11.5. The molecular weight excluding hydrogens is 176 g/mol. The molecule has 0 amide bonds. The van der Waals surface area contributed by atoms with Crippen molar-refractivity contribution in [3.05, 3.63) is 0 Å². The van der Waals surface area contributed by atoms with Crippen molar-refractivity contribution in [1.29, 1.82) is 0 Å². The zero-order valence-electron chi connectivity index (χ0n) is 9.26. The van der Waals surface area contributed by atoms with Crippen LogP contribution in [0.5, 0.6) is 0 Å². The molecule has 0 aromatic carbocycles. The smallest absolute Gasteiger partial charge is 0.305 e. The third-order valence-electron chi connectivity index (χ3n) is 2.89. The second-order valence-corrected chi connectivity index (χ2v) is 4.16. The van der Waals surface area contributed by atoms with E-state index in [9.17, 15) is 4.79 Å². The molecule has 1 rings (SSSR count). The van der Waals surface area contributed by atoms with Gasteiger partial charge in [-0.3, -0.25) is 4.79 Å². The number of hydrogen-bond donors (Lipinski definition) is 0. The Bertz CT molecular complexity index is 156. The van der Waals surface area contributed by atoms with E-state index in [4.69, 9.17) is 4.74 Å². The van der Waals surface area contributed by atoms with Gasteiger partial charge in [0.1, 0.15) is 6.10 Å². The van der Waals surface area contributed by atoms with Gasteiger partial charge in [0.25, 0.3) is 0 Å². The van der Waals surface area contributed by atoms with Crippen molar-refractivity contribution in [2.24, 2.45) is 0 Å². The molecule has 0 saturated heterocycles. The Hall–Kier alpha value is -0.530. The van der Waals surface area contributed by atoms with Crippen molar-refractivity contribution in [3.63, 3.8) is 0 Å². The van der Waals surface area contributed by atoms with Crippen molar-refractivity contribution < 1.29 is 9.53 Å². The lowest BCUT2D eigenvalue weighted by molar-refractivity contribution is -0.149. The minimum atomic E-state index is -0.0331. The number of ether oxygens (including phenoxy) is 1. The van der Waals surface area contributed by atoms with E-state index in [1.54, 1.807) is 0 Å². The molecule has 14 heavy (non-hydrogen) atoms. The Morgan fingerprint density at radius 3 is 2.07 bits per heavy atom. The molecule has 2 heteroatoms. The predicted octanol–water partition coefficient (Wildman–Crippen LogP) is 3.44. The molecule has 1 aliphatic carbocycles. The van der Waals surface area contributed by atoms with Gasteiger partial charge in [-0.15, -0.1) is 0 Å². The van der Waals surface area contributed by atoms with Gasteiger partial charge >= 0.3 is 5.97 Å². The van der Waals surface area contributed by atoms with Crippen molar-refractivity contribution in [1.82, 2.24) is 0 Å². The maximum absolute atomic E-state index is 11.1. The van der Waals surface area contributed by atoms with Gasteiger partial charge in [-0.25, -0.2) is 0 Å². The van der Waals surface area contributed by atoms with Crippen LogP contribution in [0.2, 0.25) is 0 Å². The van der Waals surface area contributed by atoms with E-state index in [-0.39, 0.29) is 12.1 Å². The number of carbonyl (C=O) groups is 1. The van der Waals surface area contributed by atoms with Gasteiger partial charge < -0.3 is 4.74 Å². The summed E-state index contributed by atoms with van der Waals surface area (Å²) in [5.74, 6) is -0.0331. The van der Waals surface area contributed by atoms with E-state index >= 15 is 0 Å². The molecule has 0 heterocycles. The third-order valence-corrected chi connectivity index (χ3v) is 2.89. The first-order chi connectivity index (χ1) is 6.83. The minimum Gasteiger partial charge on any atom is -0.462 e. The first-order valence-corrected chi connectivity index (χ1v) is 6.02. The maximum Gasteiger partial charge on any atom is 0.305 e. The molecule has 0 bridgehead atoms. The fraction of sp³-hybridized carbons (Fsp3) is 0.917. The topological polar surface area (TPSA) is 26.3 Å². The average Bonchev–Trinajstić information content (AvgIpc) is 2.31. The summed E-state index contributed by atoms with van der Waals surface area (Å²) < 4.78 is 5.39. The number of rotatable bonds is 2. The first-order valence-electron chi connectivity index (χ1n) is 6.02. The van der Waals surface area contributed by atoms with Crippen LogP contribution >= 0.6 is 0 Å². The second kappa shape index (κ2) is 6.86. The lowest BCUT2D eigenvalue weighted by Gasteiger charge is -2.16. The Kier molecular flexibility index (Phi) is 5.65. The predicted molar refractivity (Wildman–Crippen MR) is 57.1 cm³/mol. The van der Waals surface area contributed by atoms with E-state index in [1.807, 2.05) is 6.92 Å². The van der Waals surface area contributed by atoms with Crippen LogP contribution in [0.3, 0.4) is 0 Å². The van der Waals surface area contributed by atoms with Gasteiger partial charge in [0.15, 0.2) is 0 Å². The van der Waals surface area contributed by atoms with Crippen molar-refractivity contribution >= 4 is 5.97 Å². The minimum absolute atomic E-state index is 0.0331. The van der Waals surface area contributed by atoms with E-state index in [0.29, 0.717) is 6.42 Å². The fourth-order valence-corrected chi connectivity index (χ4v) is 1.98. The molecule has 0 atom stereocenters. The molecule has 1 fully saturated rings. The summed E-state index contributed by atoms with van der Waals surface area (Å²) in [6, 6.07) is 0. The van der Waals surface area contributed by atoms with E-state index in [1.165, 1.54) is 38.5 Å². The molecule has 0 aromatic rings.